The second-order valence-corrected chi connectivity index (χ2v) is 5.30. The number of carbonyl (C=O) groups excluding carboxylic acids is 1. The normalized spacial score (nSPS) is 10.7. The topological polar surface area (TPSA) is 76.9 Å². The summed E-state index contributed by atoms with van der Waals surface area (Å²) in [5.74, 6) is 0.787. The summed E-state index contributed by atoms with van der Waals surface area (Å²) in [6, 6.07) is 11.3. The molecule has 23 heavy (non-hydrogen) atoms. The molecule has 0 fully saturated rings. The molecule has 0 bridgehead atoms. The van der Waals surface area contributed by atoms with E-state index in [0.29, 0.717) is 29.1 Å². The lowest BCUT2D eigenvalue weighted by molar-refractivity contribution is -0.114. The molecule has 6 nitrogen and oxygen atoms in total. The van der Waals surface area contributed by atoms with Crippen molar-refractivity contribution in [3.05, 3.63) is 64.3 Å². The molecule has 3 rings (SSSR count). The standard InChI is InChI=1S/C17H16N4O2/c1-11-19-15-8-16(20-12(2)22)18-9-14(15)17(23)21(11)10-13-6-4-3-5-7-13/h3-9H,10H2,1-2H3,(H,18,20,22). The molecule has 0 saturated carbocycles. The Balaban J connectivity index is 2.07. The first-order valence-corrected chi connectivity index (χ1v) is 7.23. The van der Waals surface area contributed by atoms with Gasteiger partial charge in [-0.15, -0.1) is 0 Å². The largest absolute Gasteiger partial charge is 0.311 e. The van der Waals surface area contributed by atoms with Crippen LogP contribution in [0.25, 0.3) is 10.9 Å². The Labute approximate surface area is 132 Å². The van der Waals surface area contributed by atoms with E-state index in [1.54, 1.807) is 17.6 Å². The van der Waals surface area contributed by atoms with Crippen LogP contribution in [0.5, 0.6) is 0 Å². The molecule has 0 aliphatic rings. The third-order valence-corrected chi connectivity index (χ3v) is 3.52. The lowest BCUT2D eigenvalue weighted by atomic mass is 10.2. The zero-order chi connectivity index (χ0) is 16.4. The molecule has 0 aliphatic heterocycles. The summed E-state index contributed by atoms with van der Waals surface area (Å²) < 4.78 is 1.62. The SMILES string of the molecule is CC(=O)Nc1cc2nc(C)n(Cc3ccccc3)c(=O)c2cn1. The van der Waals surface area contributed by atoms with Crippen molar-refractivity contribution >= 4 is 22.6 Å². The number of pyridine rings is 1. The first kappa shape index (κ1) is 14.9. The number of benzene rings is 1. The molecular formula is C17H16N4O2. The predicted octanol–water partition coefficient (Wildman–Crippen LogP) is 2.11. The summed E-state index contributed by atoms with van der Waals surface area (Å²) in [5, 5.41) is 3.02. The molecule has 0 radical (unpaired) electrons. The molecule has 116 valence electrons. The van der Waals surface area contributed by atoms with Gasteiger partial charge in [0.1, 0.15) is 11.6 Å². The summed E-state index contributed by atoms with van der Waals surface area (Å²) in [4.78, 5) is 32.4. The summed E-state index contributed by atoms with van der Waals surface area (Å²) >= 11 is 0. The number of nitrogens with zero attached hydrogens (tertiary/aromatic N) is 3. The van der Waals surface area contributed by atoms with Gasteiger partial charge in [-0.25, -0.2) is 9.97 Å². The molecule has 0 unspecified atom stereocenters. The summed E-state index contributed by atoms with van der Waals surface area (Å²) in [6.07, 6.45) is 1.46. The molecule has 0 spiro atoms. The number of nitrogens with one attached hydrogen (secondary N) is 1. The maximum absolute atomic E-state index is 12.7. The number of aryl methyl sites for hydroxylation is 1. The molecule has 0 atom stereocenters. The third-order valence-electron chi connectivity index (χ3n) is 3.52. The Hall–Kier alpha value is -3.02. The summed E-state index contributed by atoms with van der Waals surface area (Å²) in [6.45, 7) is 3.66. The van der Waals surface area contributed by atoms with Gasteiger partial charge in [-0.1, -0.05) is 30.3 Å². The smallest absolute Gasteiger partial charge is 0.263 e. The fraction of sp³-hybridized carbons (Fsp3) is 0.176. The highest BCUT2D eigenvalue weighted by atomic mass is 16.1. The maximum Gasteiger partial charge on any atom is 0.263 e. The number of aromatic nitrogens is 3. The minimum Gasteiger partial charge on any atom is -0.311 e. The van der Waals surface area contributed by atoms with Gasteiger partial charge in [0.15, 0.2) is 0 Å². The molecule has 3 aromatic rings. The van der Waals surface area contributed by atoms with Crippen molar-refractivity contribution in [1.82, 2.24) is 14.5 Å². The number of hydrogen-bond acceptors (Lipinski definition) is 4. The Kier molecular flexibility index (Phi) is 3.89. The average molecular weight is 308 g/mol. The van der Waals surface area contributed by atoms with Crippen molar-refractivity contribution in [2.75, 3.05) is 5.32 Å². The highest BCUT2D eigenvalue weighted by molar-refractivity contribution is 5.90. The first-order chi connectivity index (χ1) is 11.0. The Morgan fingerprint density at radius 1 is 1.26 bits per heavy atom. The average Bonchev–Trinajstić information content (AvgIpc) is 2.51. The zero-order valence-corrected chi connectivity index (χ0v) is 12.9. The van der Waals surface area contributed by atoms with Crippen LogP contribution in [0.3, 0.4) is 0 Å². The molecule has 2 heterocycles. The zero-order valence-electron chi connectivity index (χ0n) is 12.9. The number of anilines is 1. The predicted molar refractivity (Wildman–Crippen MR) is 88.4 cm³/mol. The van der Waals surface area contributed by atoms with Crippen LogP contribution in [0, 0.1) is 6.92 Å². The van der Waals surface area contributed by atoms with Gasteiger partial charge in [-0.2, -0.15) is 0 Å². The second kappa shape index (κ2) is 6.00. The van der Waals surface area contributed by atoms with E-state index in [1.807, 2.05) is 30.3 Å². The molecular weight excluding hydrogens is 292 g/mol. The highest BCUT2D eigenvalue weighted by Crippen LogP contribution is 2.13. The fourth-order valence-corrected chi connectivity index (χ4v) is 2.43. The van der Waals surface area contributed by atoms with Crippen LogP contribution in [0.2, 0.25) is 0 Å². The number of rotatable bonds is 3. The van der Waals surface area contributed by atoms with Crippen molar-refractivity contribution in [2.24, 2.45) is 0 Å². The van der Waals surface area contributed by atoms with E-state index in [2.05, 4.69) is 15.3 Å². The summed E-state index contributed by atoms with van der Waals surface area (Å²) in [5.41, 5.74) is 1.41. The van der Waals surface area contributed by atoms with Crippen molar-refractivity contribution in [3.8, 4) is 0 Å². The molecule has 1 amide bonds. The van der Waals surface area contributed by atoms with Crippen LogP contribution in [-0.4, -0.2) is 20.4 Å². The quantitative estimate of drug-likeness (QED) is 0.804. The van der Waals surface area contributed by atoms with Crippen LogP contribution >= 0.6 is 0 Å². The third kappa shape index (κ3) is 3.11. The van der Waals surface area contributed by atoms with Crippen molar-refractivity contribution < 1.29 is 4.79 Å². The van der Waals surface area contributed by atoms with E-state index in [1.165, 1.54) is 13.1 Å². The molecule has 1 aromatic carbocycles. The maximum atomic E-state index is 12.7. The fourth-order valence-electron chi connectivity index (χ4n) is 2.43. The molecule has 2 aromatic heterocycles. The van der Waals surface area contributed by atoms with E-state index < -0.39 is 0 Å². The second-order valence-electron chi connectivity index (χ2n) is 5.30. The van der Waals surface area contributed by atoms with Crippen molar-refractivity contribution in [1.29, 1.82) is 0 Å². The highest BCUT2D eigenvalue weighted by Gasteiger charge is 2.10. The minimum atomic E-state index is -0.217. The van der Waals surface area contributed by atoms with Crippen LogP contribution in [0.15, 0.2) is 47.4 Å². The summed E-state index contributed by atoms with van der Waals surface area (Å²) in [7, 11) is 0. The number of hydrogen-bond donors (Lipinski definition) is 1. The van der Waals surface area contributed by atoms with Gasteiger partial charge in [0, 0.05) is 19.2 Å². The van der Waals surface area contributed by atoms with Gasteiger partial charge in [0.05, 0.1) is 17.4 Å². The monoisotopic (exact) mass is 308 g/mol. The van der Waals surface area contributed by atoms with Crippen LogP contribution in [-0.2, 0) is 11.3 Å². The van der Waals surface area contributed by atoms with E-state index in [-0.39, 0.29) is 11.5 Å². The molecule has 0 saturated heterocycles. The van der Waals surface area contributed by atoms with E-state index in [9.17, 15) is 9.59 Å². The van der Waals surface area contributed by atoms with Crippen molar-refractivity contribution in [3.63, 3.8) is 0 Å². The minimum absolute atomic E-state index is 0.141. The molecule has 0 aliphatic carbocycles. The van der Waals surface area contributed by atoms with E-state index in [4.69, 9.17) is 0 Å². The molecule has 1 N–H and O–H groups in total. The van der Waals surface area contributed by atoms with Crippen LogP contribution < -0.4 is 10.9 Å². The van der Waals surface area contributed by atoms with Crippen LogP contribution in [0.1, 0.15) is 18.3 Å². The van der Waals surface area contributed by atoms with Crippen LogP contribution in [0.4, 0.5) is 5.82 Å². The van der Waals surface area contributed by atoms with Gasteiger partial charge in [0.2, 0.25) is 5.91 Å². The first-order valence-electron chi connectivity index (χ1n) is 7.23. The molecule has 6 heteroatoms. The van der Waals surface area contributed by atoms with Gasteiger partial charge in [0.25, 0.3) is 5.56 Å². The van der Waals surface area contributed by atoms with Gasteiger partial charge in [-0.05, 0) is 12.5 Å². The van der Waals surface area contributed by atoms with E-state index in [0.717, 1.165) is 5.56 Å². The van der Waals surface area contributed by atoms with Gasteiger partial charge < -0.3 is 5.32 Å². The van der Waals surface area contributed by atoms with E-state index >= 15 is 0 Å². The lowest BCUT2D eigenvalue weighted by Gasteiger charge is -2.11. The van der Waals surface area contributed by atoms with Gasteiger partial charge >= 0.3 is 0 Å². The number of amides is 1. The Morgan fingerprint density at radius 2 is 2.00 bits per heavy atom. The number of carbonyl (C=O) groups is 1. The Bertz CT molecular complexity index is 932. The van der Waals surface area contributed by atoms with Crippen molar-refractivity contribution in [2.45, 2.75) is 20.4 Å². The lowest BCUT2D eigenvalue weighted by Crippen LogP contribution is -2.24. The number of fused-ring (bicyclic) bond motifs is 1. The Morgan fingerprint density at radius 3 is 2.70 bits per heavy atom. The van der Waals surface area contributed by atoms with Gasteiger partial charge in [-0.3, -0.25) is 14.2 Å².